The number of ketones is 1. The number of aliphatic hydroxyl groups excluding tert-OH is 2. The minimum Gasteiger partial charge on any atom is -0.393 e. The lowest BCUT2D eigenvalue weighted by Crippen LogP contribution is -2.55. The number of aromatic nitrogens is 2. The molecule has 0 aromatic carbocycles. The van der Waals surface area contributed by atoms with Crippen LogP contribution in [0.3, 0.4) is 0 Å². The first-order chi connectivity index (χ1) is 10.5. The maximum Gasteiger partial charge on any atom is 0.330 e. The number of nitrogens with zero attached hydrogens (tertiary/aromatic N) is 1. The van der Waals surface area contributed by atoms with Crippen LogP contribution in [0.4, 0.5) is 0 Å². The summed E-state index contributed by atoms with van der Waals surface area (Å²) < 4.78 is 6.77. The highest BCUT2D eigenvalue weighted by molar-refractivity contribution is 5.92. The highest BCUT2D eigenvalue weighted by atomic mass is 16.6. The number of H-pyrrole nitrogens is 1. The van der Waals surface area contributed by atoms with Crippen molar-refractivity contribution in [3.63, 3.8) is 0 Å². The Labute approximate surface area is 132 Å². The number of aryl methyl sites for hydroxylation is 1. The summed E-state index contributed by atoms with van der Waals surface area (Å²) in [5.74, 6) is -0.448. The largest absolute Gasteiger partial charge is 0.393 e. The normalized spacial score (nSPS) is 28.1. The predicted octanol–water partition coefficient (Wildman–Crippen LogP) is -0.529. The molecule has 8 heteroatoms. The van der Waals surface area contributed by atoms with E-state index in [1.54, 1.807) is 20.8 Å². The van der Waals surface area contributed by atoms with Crippen molar-refractivity contribution < 1.29 is 19.7 Å². The standard InChI is InChI=1S/C15H22N2O6/c1-8-6-17(13(22)16-11(8)20)10-5-9(19)15(7-18,23-10)12(21)14(2,3)4/h6,9-10,18-19H,5,7H2,1-4H3,(H,16,20,22)/t9-,10+,15+/m0/s1. The maximum absolute atomic E-state index is 12.6. The average Bonchev–Trinajstić information content (AvgIpc) is 2.78. The number of nitrogens with one attached hydrogen (secondary N) is 1. The first kappa shape index (κ1) is 17.6. The second kappa shape index (κ2) is 5.70. The first-order valence-electron chi connectivity index (χ1n) is 7.36. The SMILES string of the molecule is Cc1cn([C@H]2C[C@H](O)[C@](CO)(C(=O)C(C)(C)C)O2)c(=O)[nH]c1=O. The number of ether oxygens (including phenoxy) is 1. The second-order valence-electron chi connectivity index (χ2n) is 6.93. The Bertz CT molecular complexity index is 729. The molecular formula is C15H22N2O6. The molecule has 1 aliphatic heterocycles. The van der Waals surface area contributed by atoms with Gasteiger partial charge in [-0.3, -0.25) is 19.1 Å². The summed E-state index contributed by atoms with van der Waals surface area (Å²) >= 11 is 0. The molecular weight excluding hydrogens is 304 g/mol. The van der Waals surface area contributed by atoms with E-state index < -0.39 is 47.0 Å². The van der Waals surface area contributed by atoms with Crippen molar-refractivity contribution in [1.82, 2.24) is 9.55 Å². The van der Waals surface area contributed by atoms with Crippen LogP contribution in [0.5, 0.6) is 0 Å². The lowest BCUT2D eigenvalue weighted by atomic mass is 9.78. The van der Waals surface area contributed by atoms with Crippen molar-refractivity contribution in [3.8, 4) is 0 Å². The molecule has 0 saturated carbocycles. The van der Waals surface area contributed by atoms with Crippen LogP contribution < -0.4 is 11.2 Å². The third-order valence-corrected chi connectivity index (χ3v) is 4.07. The van der Waals surface area contributed by atoms with Gasteiger partial charge in [0, 0.05) is 23.6 Å². The second-order valence-corrected chi connectivity index (χ2v) is 6.93. The molecule has 128 valence electrons. The van der Waals surface area contributed by atoms with E-state index in [-0.39, 0.29) is 6.42 Å². The summed E-state index contributed by atoms with van der Waals surface area (Å²) in [6, 6.07) is 0. The van der Waals surface area contributed by atoms with Crippen LogP contribution in [-0.2, 0) is 9.53 Å². The van der Waals surface area contributed by atoms with E-state index in [0.29, 0.717) is 5.56 Å². The Balaban J connectivity index is 2.45. The van der Waals surface area contributed by atoms with Gasteiger partial charge in [-0.25, -0.2) is 4.79 Å². The molecule has 3 atom stereocenters. The molecule has 0 amide bonds. The molecule has 1 fully saturated rings. The summed E-state index contributed by atoms with van der Waals surface area (Å²) in [4.78, 5) is 38.2. The number of aliphatic hydroxyl groups is 2. The molecule has 1 saturated heterocycles. The zero-order chi connectivity index (χ0) is 17.6. The Morgan fingerprint density at radius 3 is 2.61 bits per heavy atom. The van der Waals surface area contributed by atoms with E-state index in [4.69, 9.17) is 4.74 Å². The fourth-order valence-electron chi connectivity index (χ4n) is 2.78. The smallest absolute Gasteiger partial charge is 0.330 e. The molecule has 0 radical (unpaired) electrons. The molecule has 8 nitrogen and oxygen atoms in total. The Hall–Kier alpha value is -1.77. The van der Waals surface area contributed by atoms with Gasteiger partial charge < -0.3 is 14.9 Å². The number of hydrogen-bond acceptors (Lipinski definition) is 6. The molecule has 1 aromatic rings. The fraction of sp³-hybridized carbons (Fsp3) is 0.667. The third-order valence-electron chi connectivity index (χ3n) is 4.07. The van der Waals surface area contributed by atoms with Gasteiger partial charge in [0.2, 0.25) is 0 Å². The monoisotopic (exact) mass is 326 g/mol. The maximum atomic E-state index is 12.6. The van der Waals surface area contributed by atoms with Gasteiger partial charge in [0.05, 0.1) is 12.7 Å². The molecule has 2 heterocycles. The van der Waals surface area contributed by atoms with E-state index in [1.807, 2.05) is 0 Å². The number of Topliss-reactive ketones (excluding diaryl/α,β-unsaturated/α-hetero) is 1. The summed E-state index contributed by atoms with van der Waals surface area (Å²) in [7, 11) is 0. The molecule has 1 aromatic heterocycles. The quantitative estimate of drug-likeness (QED) is 0.686. The van der Waals surface area contributed by atoms with Crippen molar-refractivity contribution in [1.29, 1.82) is 0 Å². The van der Waals surface area contributed by atoms with Crippen LogP contribution in [0.2, 0.25) is 0 Å². The van der Waals surface area contributed by atoms with Crippen molar-refractivity contribution in [2.24, 2.45) is 5.41 Å². The van der Waals surface area contributed by atoms with Crippen LogP contribution >= 0.6 is 0 Å². The molecule has 2 rings (SSSR count). The first-order valence-corrected chi connectivity index (χ1v) is 7.36. The van der Waals surface area contributed by atoms with E-state index in [0.717, 1.165) is 4.57 Å². The summed E-state index contributed by atoms with van der Waals surface area (Å²) in [5.41, 5.74) is -3.54. The van der Waals surface area contributed by atoms with Crippen LogP contribution in [0.15, 0.2) is 15.8 Å². The Morgan fingerprint density at radius 1 is 1.48 bits per heavy atom. The summed E-state index contributed by atoms with van der Waals surface area (Å²) in [6.45, 7) is 5.81. The highest BCUT2D eigenvalue weighted by Crippen LogP contribution is 2.40. The van der Waals surface area contributed by atoms with Gasteiger partial charge >= 0.3 is 5.69 Å². The van der Waals surface area contributed by atoms with Crippen LogP contribution in [0, 0.1) is 12.3 Å². The molecule has 0 spiro atoms. The zero-order valence-electron chi connectivity index (χ0n) is 13.6. The van der Waals surface area contributed by atoms with Gasteiger partial charge in [-0.05, 0) is 6.92 Å². The molecule has 0 unspecified atom stereocenters. The van der Waals surface area contributed by atoms with E-state index in [1.165, 1.54) is 13.1 Å². The number of carbonyl (C=O) groups is 1. The van der Waals surface area contributed by atoms with Gasteiger partial charge in [-0.2, -0.15) is 0 Å². The lowest BCUT2D eigenvalue weighted by molar-refractivity contribution is -0.172. The van der Waals surface area contributed by atoms with Gasteiger partial charge in [-0.1, -0.05) is 20.8 Å². The lowest BCUT2D eigenvalue weighted by Gasteiger charge is -2.34. The summed E-state index contributed by atoms with van der Waals surface area (Å²) in [5, 5.41) is 20.0. The number of carbonyl (C=O) groups excluding carboxylic acids is 1. The van der Waals surface area contributed by atoms with Crippen molar-refractivity contribution in [2.75, 3.05) is 6.61 Å². The van der Waals surface area contributed by atoms with Gasteiger partial charge in [0.25, 0.3) is 5.56 Å². The fourth-order valence-corrected chi connectivity index (χ4v) is 2.78. The molecule has 0 aliphatic carbocycles. The Morgan fingerprint density at radius 2 is 2.09 bits per heavy atom. The van der Waals surface area contributed by atoms with Crippen LogP contribution in [0.1, 0.15) is 39.0 Å². The minimum absolute atomic E-state index is 0.0478. The molecule has 1 aliphatic rings. The van der Waals surface area contributed by atoms with Crippen molar-refractivity contribution >= 4 is 5.78 Å². The molecule has 0 bridgehead atoms. The number of rotatable bonds is 3. The predicted molar refractivity (Wildman–Crippen MR) is 81.1 cm³/mol. The van der Waals surface area contributed by atoms with Gasteiger partial charge in [0.15, 0.2) is 11.4 Å². The van der Waals surface area contributed by atoms with E-state index >= 15 is 0 Å². The minimum atomic E-state index is -1.79. The zero-order valence-corrected chi connectivity index (χ0v) is 13.6. The van der Waals surface area contributed by atoms with Crippen LogP contribution in [-0.4, -0.2) is 43.9 Å². The average molecular weight is 326 g/mol. The van der Waals surface area contributed by atoms with Crippen molar-refractivity contribution in [3.05, 3.63) is 32.6 Å². The van der Waals surface area contributed by atoms with Crippen molar-refractivity contribution in [2.45, 2.75) is 52.0 Å². The van der Waals surface area contributed by atoms with Crippen LogP contribution in [0.25, 0.3) is 0 Å². The number of hydrogen-bond donors (Lipinski definition) is 3. The van der Waals surface area contributed by atoms with Gasteiger partial charge in [-0.15, -0.1) is 0 Å². The topological polar surface area (TPSA) is 122 Å². The summed E-state index contributed by atoms with van der Waals surface area (Å²) in [6.07, 6.45) is -0.948. The van der Waals surface area contributed by atoms with E-state index in [2.05, 4.69) is 4.98 Å². The molecule has 23 heavy (non-hydrogen) atoms. The van der Waals surface area contributed by atoms with E-state index in [9.17, 15) is 24.6 Å². The Kier molecular flexibility index (Phi) is 4.36. The van der Waals surface area contributed by atoms with Gasteiger partial charge in [0.1, 0.15) is 6.23 Å². The molecule has 3 N–H and O–H groups in total. The third kappa shape index (κ3) is 2.89. The number of aromatic amines is 1. The highest BCUT2D eigenvalue weighted by Gasteiger charge is 2.56.